The molecule has 1 aliphatic rings. The summed E-state index contributed by atoms with van der Waals surface area (Å²) in [4.78, 5) is 0. The molecule has 2 aromatic rings. The molecular weight excluding hydrogens is 268 g/mol. The molecule has 21 heavy (non-hydrogen) atoms. The lowest BCUT2D eigenvalue weighted by Gasteiger charge is -2.41. The minimum absolute atomic E-state index is 0.0548. The first kappa shape index (κ1) is 14.1. The molecule has 0 saturated heterocycles. The predicted molar refractivity (Wildman–Crippen MR) is 81.3 cm³/mol. The summed E-state index contributed by atoms with van der Waals surface area (Å²) in [6.45, 7) is 4.42. The summed E-state index contributed by atoms with van der Waals surface area (Å²) >= 11 is 0. The van der Waals surface area contributed by atoms with Crippen LogP contribution in [0.1, 0.15) is 37.4 Å². The van der Waals surface area contributed by atoms with Crippen LogP contribution in [-0.2, 0) is 6.42 Å². The van der Waals surface area contributed by atoms with Gasteiger partial charge in [-0.25, -0.2) is 8.78 Å². The van der Waals surface area contributed by atoms with Crippen LogP contribution in [0, 0.1) is 17.0 Å². The van der Waals surface area contributed by atoms with Crippen molar-refractivity contribution in [3.05, 3.63) is 65.2 Å². The van der Waals surface area contributed by atoms with E-state index in [0.717, 1.165) is 12.8 Å². The third kappa shape index (κ3) is 2.65. The average molecular weight is 287 g/mol. The van der Waals surface area contributed by atoms with Crippen molar-refractivity contribution in [2.75, 3.05) is 5.32 Å². The third-order valence-corrected chi connectivity index (χ3v) is 4.42. The van der Waals surface area contributed by atoms with Crippen molar-refractivity contribution in [3.63, 3.8) is 0 Å². The van der Waals surface area contributed by atoms with Crippen LogP contribution in [0.5, 0.6) is 0 Å². The van der Waals surface area contributed by atoms with Gasteiger partial charge >= 0.3 is 0 Å². The van der Waals surface area contributed by atoms with Crippen LogP contribution >= 0.6 is 0 Å². The summed E-state index contributed by atoms with van der Waals surface area (Å²) in [5.74, 6) is -1.63. The quantitative estimate of drug-likeness (QED) is 0.811. The summed E-state index contributed by atoms with van der Waals surface area (Å²) in [6.07, 6.45) is 2.12. The van der Waals surface area contributed by atoms with Gasteiger partial charge in [0.2, 0.25) is 0 Å². The molecule has 3 rings (SSSR count). The highest BCUT2D eigenvalue weighted by Crippen LogP contribution is 2.45. The monoisotopic (exact) mass is 287 g/mol. The Bertz CT molecular complexity index is 664. The maximum Gasteiger partial charge on any atom is 0.160 e. The number of hydrogen-bond donors (Lipinski definition) is 1. The highest BCUT2D eigenvalue weighted by atomic mass is 19.2. The number of halogens is 2. The van der Waals surface area contributed by atoms with E-state index in [2.05, 4.69) is 31.3 Å². The Morgan fingerprint density at radius 3 is 2.57 bits per heavy atom. The molecule has 0 spiro atoms. The number of anilines is 1. The third-order valence-electron chi connectivity index (χ3n) is 4.42. The normalized spacial score (nSPS) is 19.9. The molecule has 0 aromatic heterocycles. The summed E-state index contributed by atoms with van der Waals surface area (Å²) in [5.41, 5.74) is 3.25. The van der Waals surface area contributed by atoms with E-state index in [1.54, 1.807) is 6.07 Å². The maximum absolute atomic E-state index is 13.4. The van der Waals surface area contributed by atoms with Gasteiger partial charge in [0.15, 0.2) is 11.6 Å². The van der Waals surface area contributed by atoms with E-state index in [0.29, 0.717) is 5.69 Å². The average Bonchev–Trinajstić information content (AvgIpc) is 2.46. The number of nitrogens with one attached hydrogen (secondary N) is 1. The van der Waals surface area contributed by atoms with Gasteiger partial charge in [0.05, 0.1) is 6.04 Å². The molecule has 1 N–H and O–H groups in total. The summed E-state index contributed by atoms with van der Waals surface area (Å²) in [7, 11) is 0. The van der Waals surface area contributed by atoms with Gasteiger partial charge in [-0.1, -0.05) is 38.1 Å². The van der Waals surface area contributed by atoms with Crippen LogP contribution in [0.4, 0.5) is 14.5 Å². The Balaban J connectivity index is 1.97. The topological polar surface area (TPSA) is 12.0 Å². The van der Waals surface area contributed by atoms with E-state index in [9.17, 15) is 8.78 Å². The zero-order valence-electron chi connectivity index (χ0n) is 12.3. The van der Waals surface area contributed by atoms with E-state index in [4.69, 9.17) is 0 Å². The van der Waals surface area contributed by atoms with Gasteiger partial charge in [0.25, 0.3) is 0 Å². The van der Waals surface area contributed by atoms with Crippen molar-refractivity contribution < 1.29 is 8.78 Å². The second-order valence-corrected chi connectivity index (χ2v) is 6.39. The highest BCUT2D eigenvalue weighted by molar-refractivity contribution is 5.48. The summed E-state index contributed by atoms with van der Waals surface area (Å²) < 4.78 is 26.5. The van der Waals surface area contributed by atoms with Crippen molar-refractivity contribution in [1.29, 1.82) is 0 Å². The first-order chi connectivity index (χ1) is 9.97. The molecule has 1 aliphatic carbocycles. The van der Waals surface area contributed by atoms with Crippen LogP contribution in [-0.4, -0.2) is 0 Å². The van der Waals surface area contributed by atoms with Gasteiger partial charge in [0.1, 0.15) is 0 Å². The van der Waals surface area contributed by atoms with Crippen molar-refractivity contribution in [2.24, 2.45) is 5.41 Å². The summed E-state index contributed by atoms with van der Waals surface area (Å²) in [6, 6.07) is 12.4. The zero-order chi connectivity index (χ0) is 15.0. The zero-order valence-corrected chi connectivity index (χ0v) is 12.3. The molecule has 2 aromatic carbocycles. The van der Waals surface area contributed by atoms with Gasteiger partial charge in [-0.3, -0.25) is 0 Å². The fraction of sp³-hybridized carbons (Fsp3) is 0.333. The molecule has 3 heteroatoms. The van der Waals surface area contributed by atoms with Crippen LogP contribution in [0.25, 0.3) is 0 Å². The fourth-order valence-corrected chi connectivity index (χ4v) is 3.09. The van der Waals surface area contributed by atoms with E-state index in [1.807, 2.05) is 12.1 Å². The number of fused-ring (bicyclic) bond motifs is 1. The van der Waals surface area contributed by atoms with Gasteiger partial charge < -0.3 is 5.32 Å². The van der Waals surface area contributed by atoms with Gasteiger partial charge in [-0.15, -0.1) is 0 Å². The van der Waals surface area contributed by atoms with Gasteiger partial charge in [-0.2, -0.15) is 0 Å². The molecule has 1 unspecified atom stereocenters. The molecule has 0 amide bonds. The van der Waals surface area contributed by atoms with Crippen molar-refractivity contribution in [3.8, 4) is 0 Å². The Morgan fingerprint density at radius 2 is 1.81 bits per heavy atom. The predicted octanol–water partition coefficient (Wildman–Crippen LogP) is 5.09. The first-order valence-corrected chi connectivity index (χ1v) is 7.27. The van der Waals surface area contributed by atoms with Crippen LogP contribution in [0.3, 0.4) is 0 Å². The Hall–Kier alpha value is -1.90. The van der Waals surface area contributed by atoms with Gasteiger partial charge in [0, 0.05) is 11.8 Å². The minimum atomic E-state index is -0.818. The molecule has 0 fully saturated rings. The number of hydrogen-bond acceptors (Lipinski definition) is 1. The SMILES string of the molecule is CC1(C)CCc2ccccc2C1Nc1ccc(F)c(F)c1. The van der Waals surface area contributed by atoms with E-state index < -0.39 is 11.6 Å². The smallest absolute Gasteiger partial charge is 0.160 e. The van der Waals surface area contributed by atoms with Crippen LogP contribution in [0.15, 0.2) is 42.5 Å². The molecule has 1 atom stereocenters. The Kier molecular flexibility index (Phi) is 3.44. The molecular formula is C18H19F2N. The number of aryl methyl sites for hydroxylation is 1. The fourth-order valence-electron chi connectivity index (χ4n) is 3.09. The Morgan fingerprint density at radius 1 is 1.05 bits per heavy atom. The van der Waals surface area contributed by atoms with Crippen LogP contribution < -0.4 is 5.32 Å². The molecule has 0 radical (unpaired) electrons. The second-order valence-electron chi connectivity index (χ2n) is 6.39. The molecule has 1 nitrogen and oxygen atoms in total. The maximum atomic E-state index is 13.4. The van der Waals surface area contributed by atoms with Crippen molar-refractivity contribution in [2.45, 2.75) is 32.7 Å². The van der Waals surface area contributed by atoms with Crippen molar-refractivity contribution in [1.82, 2.24) is 0 Å². The number of benzene rings is 2. The number of rotatable bonds is 2. The molecule has 0 heterocycles. The summed E-state index contributed by atoms with van der Waals surface area (Å²) in [5, 5.41) is 3.39. The lowest BCUT2D eigenvalue weighted by atomic mass is 9.70. The van der Waals surface area contributed by atoms with E-state index in [-0.39, 0.29) is 11.5 Å². The second kappa shape index (κ2) is 5.14. The van der Waals surface area contributed by atoms with E-state index >= 15 is 0 Å². The lowest BCUT2D eigenvalue weighted by Crippen LogP contribution is -2.33. The molecule has 0 bridgehead atoms. The highest BCUT2D eigenvalue weighted by Gasteiger charge is 2.35. The van der Waals surface area contributed by atoms with Gasteiger partial charge in [-0.05, 0) is 41.5 Å². The van der Waals surface area contributed by atoms with Crippen molar-refractivity contribution >= 4 is 5.69 Å². The Labute approximate surface area is 124 Å². The minimum Gasteiger partial charge on any atom is -0.378 e. The molecule has 0 aliphatic heterocycles. The first-order valence-electron chi connectivity index (χ1n) is 7.27. The molecule has 0 saturated carbocycles. The lowest BCUT2D eigenvalue weighted by molar-refractivity contribution is 0.265. The van der Waals surface area contributed by atoms with E-state index in [1.165, 1.54) is 23.3 Å². The molecule has 110 valence electrons. The van der Waals surface area contributed by atoms with Crippen LogP contribution in [0.2, 0.25) is 0 Å². The standard InChI is InChI=1S/C18H19F2N/c1-18(2)10-9-12-5-3-4-6-14(12)17(18)21-13-7-8-15(19)16(20)11-13/h3-8,11,17,21H,9-10H2,1-2H3. The largest absolute Gasteiger partial charge is 0.378 e.